The van der Waals surface area contributed by atoms with E-state index in [1.165, 1.54) is 0 Å². The van der Waals surface area contributed by atoms with Crippen molar-refractivity contribution in [2.75, 3.05) is 13.7 Å². The van der Waals surface area contributed by atoms with Crippen LogP contribution in [0.3, 0.4) is 0 Å². The number of fused-ring (bicyclic) bond motifs is 1. The number of H-pyrrole nitrogens is 1. The van der Waals surface area contributed by atoms with Crippen molar-refractivity contribution in [3.8, 4) is 11.5 Å². The number of aromatic nitrogens is 1. The number of aliphatic carboxylic acids is 1. The number of carboxylic acids is 1. The summed E-state index contributed by atoms with van der Waals surface area (Å²) in [7, 11) is 1.60. The Morgan fingerprint density at radius 3 is 2.74 bits per heavy atom. The van der Waals surface area contributed by atoms with Gasteiger partial charge in [0, 0.05) is 35.6 Å². The summed E-state index contributed by atoms with van der Waals surface area (Å²) in [5.74, 6) is 0.457. The van der Waals surface area contributed by atoms with Crippen LogP contribution in [0.1, 0.15) is 23.6 Å². The lowest BCUT2D eigenvalue weighted by molar-refractivity contribution is -0.139. The van der Waals surface area contributed by atoms with Crippen LogP contribution in [0.15, 0.2) is 55.3 Å². The minimum absolute atomic E-state index is 0. The van der Waals surface area contributed by atoms with Crippen LogP contribution < -0.4 is 14.8 Å². The number of methoxy groups -OCH3 is 1. The highest BCUT2D eigenvalue weighted by molar-refractivity contribution is 5.85. The van der Waals surface area contributed by atoms with E-state index < -0.39 is 12.0 Å². The Kier molecular flexibility index (Phi) is 8.97. The topological polar surface area (TPSA) is 83.6 Å². The van der Waals surface area contributed by atoms with Gasteiger partial charge in [0.25, 0.3) is 0 Å². The van der Waals surface area contributed by atoms with Crippen molar-refractivity contribution in [2.45, 2.75) is 32.4 Å². The van der Waals surface area contributed by atoms with Gasteiger partial charge >= 0.3 is 5.97 Å². The van der Waals surface area contributed by atoms with Gasteiger partial charge in [0.2, 0.25) is 0 Å². The lowest BCUT2D eigenvalue weighted by atomic mass is 10.0. The molecule has 0 amide bonds. The van der Waals surface area contributed by atoms with Crippen molar-refractivity contribution in [1.29, 1.82) is 0 Å². The molecule has 0 aliphatic heterocycles. The van der Waals surface area contributed by atoms with Gasteiger partial charge in [-0.05, 0) is 36.6 Å². The molecule has 31 heavy (non-hydrogen) atoms. The van der Waals surface area contributed by atoms with Gasteiger partial charge in [0.05, 0.1) is 13.7 Å². The predicted octanol–water partition coefficient (Wildman–Crippen LogP) is 4.51. The van der Waals surface area contributed by atoms with E-state index in [1.54, 1.807) is 7.11 Å². The van der Waals surface area contributed by atoms with Crippen LogP contribution in [0.5, 0.6) is 11.5 Å². The van der Waals surface area contributed by atoms with Gasteiger partial charge < -0.3 is 24.9 Å². The molecule has 0 fully saturated rings. The lowest BCUT2D eigenvalue weighted by Crippen LogP contribution is -2.38. The van der Waals surface area contributed by atoms with Gasteiger partial charge in [0.1, 0.15) is 6.04 Å². The molecular weight excluding hydrogens is 416 g/mol. The number of para-hydroxylation sites is 1. The Labute approximate surface area is 188 Å². The SMILES string of the molecule is C=CCc1cc(CNC(Cc2c[nH]c3ccccc23)C(=O)O)cc(OC)c1OCC.Cl. The highest BCUT2D eigenvalue weighted by Crippen LogP contribution is 2.33. The van der Waals surface area contributed by atoms with Crippen LogP contribution in [0, 0.1) is 0 Å². The molecule has 0 aliphatic rings. The number of ether oxygens (including phenoxy) is 2. The zero-order valence-corrected chi connectivity index (χ0v) is 18.6. The number of rotatable bonds is 11. The minimum atomic E-state index is -0.885. The van der Waals surface area contributed by atoms with Crippen molar-refractivity contribution >= 4 is 29.3 Å². The molecule has 3 rings (SSSR count). The van der Waals surface area contributed by atoms with Crippen molar-refractivity contribution < 1.29 is 19.4 Å². The molecular formula is C24H29ClN2O4. The number of benzene rings is 2. The van der Waals surface area contributed by atoms with Crippen LogP contribution in [0.25, 0.3) is 10.9 Å². The van der Waals surface area contributed by atoms with Crippen LogP contribution in [0.2, 0.25) is 0 Å². The maximum absolute atomic E-state index is 11.9. The Hall–Kier alpha value is -2.96. The third-order valence-corrected chi connectivity index (χ3v) is 5.01. The summed E-state index contributed by atoms with van der Waals surface area (Å²) in [6, 6.07) is 11.1. The van der Waals surface area contributed by atoms with Crippen molar-refractivity contribution in [2.24, 2.45) is 0 Å². The number of allylic oxidation sites excluding steroid dienone is 1. The molecule has 1 atom stereocenters. The Morgan fingerprint density at radius 2 is 2.06 bits per heavy atom. The second-order valence-corrected chi connectivity index (χ2v) is 7.05. The number of aromatic amines is 1. The fourth-order valence-electron chi connectivity index (χ4n) is 3.60. The zero-order chi connectivity index (χ0) is 21.5. The summed E-state index contributed by atoms with van der Waals surface area (Å²) in [5, 5.41) is 14.0. The molecule has 3 aromatic rings. The number of halogens is 1. The third kappa shape index (κ3) is 5.81. The van der Waals surface area contributed by atoms with Crippen molar-refractivity contribution in [3.05, 3.63) is 71.9 Å². The predicted molar refractivity (Wildman–Crippen MR) is 126 cm³/mol. The zero-order valence-electron chi connectivity index (χ0n) is 17.8. The summed E-state index contributed by atoms with van der Waals surface area (Å²) < 4.78 is 11.3. The van der Waals surface area contributed by atoms with E-state index in [9.17, 15) is 9.90 Å². The summed E-state index contributed by atoms with van der Waals surface area (Å²) >= 11 is 0. The van der Waals surface area contributed by atoms with Crippen molar-refractivity contribution in [1.82, 2.24) is 10.3 Å². The molecule has 1 heterocycles. The normalized spacial score (nSPS) is 11.5. The number of nitrogens with one attached hydrogen (secondary N) is 2. The fourth-order valence-corrected chi connectivity index (χ4v) is 3.60. The summed E-state index contributed by atoms with van der Waals surface area (Å²) in [6.45, 7) is 6.67. The first kappa shape index (κ1) is 24.3. The maximum atomic E-state index is 11.9. The molecule has 1 unspecified atom stereocenters. The van der Waals surface area contributed by atoms with Gasteiger partial charge in [-0.15, -0.1) is 19.0 Å². The van der Waals surface area contributed by atoms with E-state index in [0.29, 0.717) is 37.5 Å². The molecule has 6 nitrogen and oxygen atoms in total. The van der Waals surface area contributed by atoms with Crippen LogP contribution in [-0.2, 0) is 24.2 Å². The van der Waals surface area contributed by atoms with Gasteiger partial charge in [-0.2, -0.15) is 0 Å². The summed E-state index contributed by atoms with van der Waals surface area (Å²) in [4.78, 5) is 15.1. The number of hydrogen-bond donors (Lipinski definition) is 3. The molecule has 0 spiro atoms. The highest BCUT2D eigenvalue weighted by Gasteiger charge is 2.20. The minimum Gasteiger partial charge on any atom is -0.493 e. The first-order valence-corrected chi connectivity index (χ1v) is 10.0. The van der Waals surface area contributed by atoms with E-state index >= 15 is 0 Å². The van der Waals surface area contributed by atoms with E-state index in [2.05, 4.69) is 16.9 Å². The molecule has 0 bridgehead atoms. The fraction of sp³-hybridized carbons (Fsp3) is 0.292. The second kappa shape index (κ2) is 11.4. The largest absolute Gasteiger partial charge is 0.493 e. The maximum Gasteiger partial charge on any atom is 0.321 e. The molecule has 166 valence electrons. The molecule has 0 radical (unpaired) electrons. The first-order valence-electron chi connectivity index (χ1n) is 10.0. The average molecular weight is 445 g/mol. The third-order valence-electron chi connectivity index (χ3n) is 5.01. The van der Waals surface area contributed by atoms with Gasteiger partial charge in [-0.25, -0.2) is 0 Å². The molecule has 1 aromatic heterocycles. The van der Waals surface area contributed by atoms with Crippen molar-refractivity contribution in [3.63, 3.8) is 0 Å². The van der Waals surface area contributed by atoms with Gasteiger partial charge in [0.15, 0.2) is 11.5 Å². The monoisotopic (exact) mass is 444 g/mol. The van der Waals surface area contributed by atoms with E-state index in [-0.39, 0.29) is 12.4 Å². The molecule has 3 N–H and O–H groups in total. The summed E-state index contributed by atoms with van der Waals surface area (Å²) in [5.41, 5.74) is 3.87. The average Bonchev–Trinajstić information content (AvgIpc) is 3.15. The van der Waals surface area contributed by atoms with Crippen LogP contribution in [-0.4, -0.2) is 35.8 Å². The van der Waals surface area contributed by atoms with E-state index in [4.69, 9.17) is 9.47 Å². The Bertz CT molecular complexity index is 1030. The highest BCUT2D eigenvalue weighted by atomic mass is 35.5. The Morgan fingerprint density at radius 1 is 1.29 bits per heavy atom. The molecule has 2 aromatic carbocycles. The Balaban J connectivity index is 0.00000341. The first-order chi connectivity index (χ1) is 14.6. The smallest absolute Gasteiger partial charge is 0.321 e. The standard InChI is InChI=1S/C24H28N2O4.ClH/c1-4-8-17-11-16(12-22(29-3)23(17)30-5-2)14-25-21(24(27)28)13-18-15-26-20-10-7-6-9-19(18)20;/h4,6-7,9-12,15,21,25-26H,1,5,8,13-14H2,2-3H3,(H,27,28);1H. The quantitative estimate of drug-likeness (QED) is 0.379. The molecule has 7 heteroatoms. The second-order valence-electron chi connectivity index (χ2n) is 7.05. The molecule has 0 saturated carbocycles. The molecule has 0 aliphatic carbocycles. The number of carbonyl (C=O) groups is 1. The van der Waals surface area contributed by atoms with E-state index in [0.717, 1.165) is 27.6 Å². The van der Waals surface area contributed by atoms with Gasteiger partial charge in [-0.3, -0.25) is 4.79 Å². The number of hydrogen-bond acceptors (Lipinski definition) is 4. The summed E-state index contributed by atoms with van der Waals surface area (Å²) in [6.07, 6.45) is 4.71. The number of carboxylic acid groups (broad SMARTS) is 1. The van der Waals surface area contributed by atoms with E-state index in [1.807, 2.05) is 55.6 Å². The van der Waals surface area contributed by atoms with Gasteiger partial charge in [-0.1, -0.05) is 30.3 Å². The molecule has 0 saturated heterocycles. The van der Waals surface area contributed by atoms with Crippen LogP contribution in [0.4, 0.5) is 0 Å². The lowest BCUT2D eigenvalue weighted by Gasteiger charge is -2.18. The van der Waals surface area contributed by atoms with Crippen LogP contribution >= 0.6 is 12.4 Å².